The van der Waals surface area contributed by atoms with Crippen LogP contribution in [0.15, 0.2) is 0 Å². The van der Waals surface area contributed by atoms with Crippen LogP contribution in [-0.2, 0) is 13.1 Å². The summed E-state index contributed by atoms with van der Waals surface area (Å²) in [5.41, 5.74) is 2.73. The van der Waals surface area contributed by atoms with Gasteiger partial charge in [0.05, 0.1) is 5.69 Å². The second-order valence-corrected chi connectivity index (χ2v) is 5.22. The lowest BCUT2D eigenvalue weighted by Crippen LogP contribution is -2.24. The highest BCUT2D eigenvalue weighted by atomic mass is 15.1. The van der Waals surface area contributed by atoms with Gasteiger partial charge in [-0.2, -0.15) is 0 Å². The van der Waals surface area contributed by atoms with Crippen LogP contribution < -0.4 is 5.32 Å². The van der Waals surface area contributed by atoms with Gasteiger partial charge in [-0.15, -0.1) is 0 Å². The molecule has 1 aromatic rings. The minimum Gasteiger partial charge on any atom is -0.332 e. The van der Waals surface area contributed by atoms with E-state index in [1.54, 1.807) is 0 Å². The summed E-state index contributed by atoms with van der Waals surface area (Å²) in [6.07, 6.45) is 2.60. The third-order valence-corrected chi connectivity index (χ3v) is 3.44. The number of fused-ring (bicyclic) bond motifs is 1. The molecule has 16 heavy (non-hydrogen) atoms. The monoisotopic (exact) mass is 221 g/mol. The van der Waals surface area contributed by atoms with E-state index in [0.29, 0.717) is 12.0 Å². The minimum atomic E-state index is 0.525. The molecule has 2 heterocycles. The van der Waals surface area contributed by atoms with Gasteiger partial charge in [0.1, 0.15) is 5.82 Å². The van der Waals surface area contributed by atoms with Crippen LogP contribution in [0.2, 0.25) is 0 Å². The highest BCUT2D eigenvalue weighted by Gasteiger charge is 2.23. The molecule has 0 bridgehead atoms. The Bertz CT molecular complexity index is 365. The number of aromatic nitrogens is 2. The Morgan fingerprint density at radius 2 is 2.25 bits per heavy atom. The molecule has 0 aliphatic carbocycles. The number of imidazole rings is 1. The van der Waals surface area contributed by atoms with Gasteiger partial charge in [0.15, 0.2) is 0 Å². The van der Waals surface area contributed by atoms with Gasteiger partial charge >= 0.3 is 0 Å². The molecule has 0 radical (unpaired) electrons. The molecule has 1 unspecified atom stereocenters. The Morgan fingerprint density at radius 3 is 2.94 bits per heavy atom. The van der Waals surface area contributed by atoms with E-state index in [0.717, 1.165) is 13.1 Å². The van der Waals surface area contributed by atoms with E-state index in [9.17, 15) is 0 Å². The van der Waals surface area contributed by atoms with Crippen molar-refractivity contribution in [2.45, 2.75) is 65.6 Å². The summed E-state index contributed by atoms with van der Waals surface area (Å²) < 4.78 is 2.41. The average molecular weight is 221 g/mol. The number of rotatable bonds is 3. The van der Waals surface area contributed by atoms with Crippen LogP contribution in [0.3, 0.4) is 0 Å². The lowest BCUT2D eigenvalue weighted by atomic mass is 9.96. The first-order valence-electron chi connectivity index (χ1n) is 6.39. The Balaban J connectivity index is 2.25. The van der Waals surface area contributed by atoms with Gasteiger partial charge in [-0.05, 0) is 25.7 Å². The van der Waals surface area contributed by atoms with E-state index < -0.39 is 0 Å². The molecule has 1 atom stereocenters. The zero-order valence-electron chi connectivity index (χ0n) is 10.9. The lowest BCUT2D eigenvalue weighted by Gasteiger charge is -2.23. The van der Waals surface area contributed by atoms with Gasteiger partial charge in [-0.25, -0.2) is 4.98 Å². The predicted molar refractivity (Wildman–Crippen MR) is 66.6 cm³/mol. The molecule has 90 valence electrons. The van der Waals surface area contributed by atoms with Crippen LogP contribution in [0.4, 0.5) is 0 Å². The Labute approximate surface area is 98.3 Å². The third-order valence-electron chi connectivity index (χ3n) is 3.44. The second-order valence-electron chi connectivity index (χ2n) is 5.22. The van der Waals surface area contributed by atoms with Crippen LogP contribution in [0.1, 0.15) is 56.7 Å². The molecular weight excluding hydrogens is 198 g/mol. The first kappa shape index (κ1) is 11.6. The highest BCUT2D eigenvalue weighted by Crippen LogP contribution is 2.30. The summed E-state index contributed by atoms with van der Waals surface area (Å²) in [6.45, 7) is 10.9. The fraction of sp³-hybridized carbons (Fsp3) is 0.769. The molecule has 2 rings (SSSR count). The number of hydrogen-bond donors (Lipinski definition) is 1. The zero-order chi connectivity index (χ0) is 11.7. The Kier molecular flexibility index (Phi) is 3.33. The van der Waals surface area contributed by atoms with Crippen LogP contribution in [-0.4, -0.2) is 15.6 Å². The average Bonchev–Trinajstić information content (AvgIpc) is 2.55. The molecule has 3 heteroatoms. The first-order chi connectivity index (χ1) is 7.59. The fourth-order valence-electron chi connectivity index (χ4n) is 2.60. The van der Waals surface area contributed by atoms with Gasteiger partial charge in [-0.1, -0.05) is 20.8 Å². The van der Waals surface area contributed by atoms with Crippen molar-refractivity contribution in [3.05, 3.63) is 17.2 Å². The van der Waals surface area contributed by atoms with E-state index >= 15 is 0 Å². The summed E-state index contributed by atoms with van der Waals surface area (Å²) >= 11 is 0. The topological polar surface area (TPSA) is 29.9 Å². The largest absolute Gasteiger partial charge is 0.332 e. The van der Waals surface area contributed by atoms with E-state index in [1.165, 1.54) is 30.1 Å². The first-order valence-corrected chi connectivity index (χ1v) is 6.39. The maximum absolute atomic E-state index is 4.72. The van der Waals surface area contributed by atoms with Crippen LogP contribution >= 0.6 is 0 Å². The SMILES string of the molecule is Cc1nc(CNC(C)C)c2n1CCCC2C. The van der Waals surface area contributed by atoms with Crippen LogP contribution in [0.5, 0.6) is 0 Å². The maximum atomic E-state index is 4.72. The molecule has 0 aromatic carbocycles. The van der Waals surface area contributed by atoms with E-state index in [-0.39, 0.29) is 0 Å². The van der Waals surface area contributed by atoms with E-state index in [1.807, 2.05) is 0 Å². The molecule has 0 amide bonds. The van der Waals surface area contributed by atoms with Gasteiger partial charge in [0, 0.05) is 24.8 Å². The summed E-state index contributed by atoms with van der Waals surface area (Å²) in [7, 11) is 0. The molecule has 0 spiro atoms. The molecule has 0 saturated heterocycles. The van der Waals surface area contributed by atoms with Gasteiger partial charge in [0.2, 0.25) is 0 Å². The van der Waals surface area contributed by atoms with Crippen molar-refractivity contribution in [3.8, 4) is 0 Å². The molecule has 1 aliphatic rings. The predicted octanol–water partition coefficient (Wildman–Crippen LogP) is 2.59. The van der Waals surface area contributed by atoms with E-state index in [2.05, 4.69) is 37.6 Å². The Morgan fingerprint density at radius 1 is 1.50 bits per heavy atom. The zero-order valence-corrected chi connectivity index (χ0v) is 10.9. The van der Waals surface area contributed by atoms with E-state index in [4.69, 9.17) is 4.98 Å². The van der Waals surface area contributed by atoms with Crippen LogP contribution in [0.25, 0.3) is 0 Å². The molecular formula is C13H23N3. The Hall–Kier alpha value is -0.830. The number of nitrogens with one attached hydrogen (secondary N) is 1. The van der Waals surface area contributed by atoms with Gasteiger partial charge in [0.25, 0.3) is 0 Å². The normalized spacial score (nSPS) is 20.2. The van der Waals surface area contributed by atoms with Crippen molar-refractivity contribution in [3.63, 3.8) is 0 Å². The van der Waals surface area contributed by atoms with Crippen molar-refractivity contribution in [1.29, 1.82) is 0 Å². The molecule has 1 N–H and O–H groups in total. The number of aryl methyl sites for hydroxylation is 1. The third kappa shape index (κ3) is 2.14. The molecule has 3 nitrogen and oxygen atoms in total. The summed E-state index contributed by atoms with van der Waals surface area (Å²) in [5.74, 6) is 1.85. The van der Waals surface area contributed by atoms with Crippen molar-refractivity contribution in [1.82, 2.24) is 14.9 Å². The standard InChI is InChI=1S/C13H23N3/c1-9(2)14-8-12-13-10(3)6-5-7-16(13)11(4)15-12/h9-10,14H,5-8H2,1-4H3. The molecule has 0 saturated carbocycles. The summed E-state index contributed by atoms with van der Waals surface area (Å²) in [5, 5.41) is 3.47. The van der Waals surface area contributed by atoms with Gasteiger partial charge < -0.3 is 9.88 Å². The van der Waals surface area contributed by atoms with Crippen molar-refractivity contribution < 1.29 is 0 Å². The summed E-state index contributed by atoms with van der Waals surface area (Å²) in [4.78, 5) is 4.72. The number of hydrogen-bond acceptors (Lipinski definition) is 2. The van der Waals surface area contributed by atoms with Crippen molar-refractivity contribution in [2.75, 3.05) is 0 Å². The lowest BCUT2D eigenvalue weighted by molar-refractivity contribution is 0.462. The van der Waals surface area contributed by atoms with Crippen molar-refractivity contribution >= 4 is 0 Å². The summed E-state index contributed by atoms with van der Waals surface area (Å²) in [6, 6.07) is 0.525. The van der Waals surface area contributed by atoms with Gasteiger partial charge in [-0.3, -0.25) is 0 Å². The maximum Gasteiger partial charge on any atom is 0.106 e. The van der Waals surface area contributed by atoms with Crippen LogP contribution in [0, 0.1) is 6.92 Å². The minimum absolute atomic E-state index is 0.525. The highest BCUT2D eigenvalue weighted by molar-refractivity contribution is 5.22. The molecule has 1 aromatic heterocycles. The molecule has 0 fully saturated rings. The fourth-order valence-corrected chi connectivity index (χ4v) is 2.60. The quantitative estimate of drug-likeness (QED) is 0.850. The second kappa shape index (κ2) is 4.58. The smallest absolute Gasteiger partial charge is 0.106 e. The molecule has 1 aliphatic heterocycles. The van der Waals surface area contributed by atoms with Crippen molar-refractivity contribution in [2.24, 2.45) is 0 Å². The number of nitrogens with zero attached hydrogens (tertiary/aromatic N) is 2.